The van der Waals surface area contributed by atoms with Gasteiger partial charge in [0.2, 0.25) is 11.9 Å². The van der Waals surface area contributed by atoms with E-state index in [4.69, 9.17) is 33.3 Å². The van der Waals surface area contributed by atoms with Gasteiger partial charge in [-0.25, -0.2) is 13.4 Å². The molecule has 0 aliphatic carbocycles. The second-order valence-electron chi connectivity index (χ2n) is 12.9. The van der Waals surface area contributed by atoms with Crippen molar-refractivity contribution >= 4 is 78.8 Å². The van der Waals surface area contributed by atoms with Crippen LogP contribution in [0.4, 0.5) is 23.1 Å². The SMILES string of the molecule is Cc1cc(Nc2ncc(Cl)c(Nc3ccccc3S(=O)(=O)C(C)C)n2)c(OC(C)C)cc1C1CCN(C(=S)SCC(=O)N2CCOCC2)CC1. The van der Waals surface area contributed by atoms with Crippen LogP contribution in [0.5, 0.6) is 5.75 Å². The first-order chi connectivity index (χ1) is 23.8. The molecule has 270 valence electrons. The van der Waals surface area contributed by atoms with E-state index in [1.165, 1.54) is 23.5 Å². The second kappa shape index (κ2) is 16.9. The lowest BCUT2D eigenvalue weighted by atomic mass is 9.86. The number of thiocarbonyl (C=S) groups is 1. The van der Waals surface area contributed by atoms with E-state index in [9.17, 15) is 13.2 Å². The van der Waals surface area contributed by atoms with Gasteiger partial charge in [-0.15, -0.1) is 0 Å². The van der Waals surface area contributed by atoms with Gasteiger partial charge in [-0.05, 0) is 88.8 Å². The number of para-hydroxylation sites is 1. The number of ether oxygens (including phenoxy) is 2. The van der Waals surface area contributed by atoms with E-state index in [-0.39, 0.29) is 33.7 Å². The number of aromatic nitrogens is 2. The fourth-order valence-electron chi connectivity index (χ4n) is 5.92. The van der Waals surface area contributed by atoms with Crippen molar-refractivity contribution in [2.75, 3.05) is 55.8 Å². The quantitative estimate of drug-likeness (QED) is 0.197. The Hall–Kier alpha value is -3.17. The molecule has 0 spiro atoms. The van der Waals surface area contributed by atoms with Crippen LogP contribution >= 0.6 is 35.6 Å². The van der Waals surface area contributed by atoms with E-state index >= 15 is 0 Å². The smallest absolute Gasteiger partial charge is 0.233 e. The summed E-state index contributed by atoms with van der Waals surface area (Å²) in [5, 5.41) is 6.06. The number of hydrogen-bond donors (Lipinski definition) is 2. The van der Waals surface area contributed by atoms with Gasteiger partial charge in [0.1, 0.15) is 15.1 Å². The number of carbonyl (C=O) groups is 1. The number of anilines is 4. The van der Waals surface area contributed by atoms with Gasteiger partial charge in [-0.3, -0.25) is 4.79 Å². The Balaban J connectivity index is 1.28. The van der Waals surface area contributed by atoms with Crippen molar-refractivity contribution in [2.45, 2.75) is 69.6 Å². The Kier molecular flexibility index (Phi) is 12.9. The van der Waals surface area contributed by atoms with E-state index < -0.39 is 15.1 Å². The molecule has 0 bridgehead atoms. The van der Waals surface area contributed by atoms with Crippen LogP contribution in [0, 0.1) is 6.92 Å². The first-order valence-corrected chi connectivity index (χ1v) is 20.1. The summed E-state index contributed by atoms with van der Waals surface area (Å²) in [5.74, 6) is 2.00. The van der Waals surface area contributed by atoms with E-state index in [1.807, 2.05) is 24.8 Å². The first-order valence-electron chi connectivity index (χ1n) is 16.8. The summed E-state index contributed by atoms with van der Waals surface area (Å²) in [5.41, 5.74) is 3.41. The number of hydrogen-bond acceptors (Lipinski definition) is 11. The predicted molar refractivity (Wildman–Crippen MR) is 205 cm³/mol. The zero-order valence-electron chi connectivity index (χ0n) is 29.1. The van der Waals surface area contributed by atoms with Gasteiger partial charge in [-0.2, -0.15) is 4.98 Å². The number of halogens is 1. The van der Waals surface area contributed by atoms with Gasteiger partial charge in [-0.1, -0.05) is 47.7 Å². The van der Waals surface area contributed by atoms with Crippen molar-refractivity contribution in [1.82, 2.24) is 19.8 Å². The van der Waals surface area contributed by atoms with E-state index in [0.29, 0.717) is 55.1 Å². The number of carbonyl (C=O) groups excluding carboxylic acids is 1. The highest BCUT2D eigenvalue weighted by atomic mass is 35.5. The van der Waals surface area contributed by atoms with Gasteiger partial charge < -0.3 is 29.9 Å². The minimum absolute atomic E-state index is 0.0784. The number of aryl methyl sites for hydroxylation is 1. The zero-order chi connectivity index (χ0) is 36.0. The van der Waals surface area contributed by atoms with Gasteiger partial charge in [0.15, 0.2) is 15.7 Å². The lowest BCUT2D eigenvalue weighted by molar-refractivity contribution is -0.132. The van der Waals surface area contributed by atoms with Crippen LogP contribution in [0.15, 0.2) is 47.5 Å². The molecule has 1 aromatic heterocycles. The number of likely N-dealkylation sites (tertiary alicyclic amines) is 1. The average Bonchev–Trinajstić information content (AvgIpc) is 3.10. The number of nitrogens with one attached hydrogen (secondary N) is 2. The van der Waals surface area contributed by atoms with E-state index in [0.717, 1.165) is 35.8 Å². The number of rotatable bonds is 11. The van der Waals surface area contributed by atoms with E-state index in [2.05, 4.69) is 38.5 Å². The third-order valence-corrected chi connectivity index (χ3v) is 12.7. The molecule has 2 fully saturated rings. The van der Waals surface area contributed by atoms with Gasteiger partial charge in [0.25, 0.3) is 0 Å². The van der Waals surface area contributed by atoms with E-state index in [1.54, 1.807) is 38.1 Å². The summed E-state index contributed by atoms with van der Waals surface area (Å²) < 4.78 is 38.5. The highest BCUT2D eigenvalue weighted by molar-refractivity contribution is 8.23. The van der Waals surface area contributed by atoms with Crippen LogP contribution in [0.3, 0.4) is 0 Å². The minimum Gasteiger partial charge on any atom is -0.489 e. The molecular weight excluding hydrogens is 716 g/mol. The lowest BCUT2D eigenvalue weighted by Gasteiger charge is -2.34. The predicted octanol–water partition coefficient (Wildman–Crippen LogP) is 6.95. The summed E-state index contributed by atoms with van der Waals surface area (Å²) >= 11 is 13.7. The number of amides is 1. The monoisotopic (exact) mass is 760 g/mol. The maximum absolute atomic E-state index is 13.0. The van der Waals surface area contributed by atoms with Crippen LogP contribution in [-0.4, -0.2) is 94.9 Å². The third kappa shape index (κ3) is 9.38. The van der Waals surface area contributed by atoms with Crippen molar-refractivity contribution in [2.24, 2.45) is 0 Å². The maximum atomic E-state index is 13.0. The molecule has 2 aromatic carbocycles. The molecule has 50 heavy (non-hydrogen) atoms. The topological polar surface area (TPSA) is 126 Å². The fraction of sp³-hybridized carbons (Fsp3) is 0.486. The standard InChI is InChI=1S/C35H45ClN6O5S3/c1-22(2)47-30-19-26(25-10-12-42(13-11-25)35(48)49-21-32(43)41-14-16-46-17-15-41)24(5)18-29(30)39-34-37-20-27(36)33(40-34)38-28-8-6-7-9-31(28)50(44,45)23(3)4/h6-9,18-20,22-23,25H,10-17,21H2,1-5H3,(H2,37,38,39,40). The van der Waals surface area contributed by atoms with Crippen LogP contribution in [0.1, 0.15) is 57.6 Å². The molecule has 3 aromatic rings. The minimum atomic E-state index is -3.56. The molecule has 11 nitrogen and oxygen atoms in total. The van der Waals surface area contributed by atoms with Gasteiger partial charge >= 0.3 is 0 Å². The Morgan fingerprint density at radius 3 is 2.44 bits per heavy atom. The zero-order valence-corrected chi connectivity index (χ0v) is 32.3. The van der Waals surface area contributed by atoms with Crippen molar-refractivity contribution in [3.05, 3.63) is 58.7 Å². The second-order valence-corrected chi connectivity index (χ2v) is 17.4. The number of thioether (sulfide) groups is 1. The molecule has 2 aliphatic rings. The van der Waals surface area contributed by atoms with Gasteiger partial charge in [0, 0.05) is 26.2 Å². The maximum Gasteiger partial charge on any atom is 0.233 e. The molecule has 0 atom stereocenters. The molecule has 0 unspecified atom stereocenters. The van der Waals surface area contributed by atoms with Crippen LogP contribution < -0.4 is 15.4 Å². The molecule has 2 saturated heterocycles. The largest absolute Gasteiger partial charge is 0.489 e. The summed E-state index contributed by atoms with van der Waals surface area (Å²) in [7, 11) is -3.56. The molecule has 2 N–H and O–H groups in total. The number of benzene rings is 2. The van der Waals surface area contributed by atoms with Gasteiger partial charge in [0.05, 0.1) is 52.8 Å². The molecule has 2 aliphatic heterocycles. The summed E-state index contributed by atoms with van der Waals surface area (Å²) in [6.45, 7) is 13.4. The van der Waals surface area contributed by atoms with Crippen LogP contribution in [-0.2, 0) is 19.4 Å². The normalized spacial score (nSPS) is 15.8. The molecule has 0 radical (unpaired) electrons. The van der Waals surface area contributed by atoms with Crippen molar-refractivity contribution in [3.8, 4) is 5.75 Å². The highest BCUT2D eigenvalue weighted by Gasteiger charge is 2.27. The number of sulfone groups is 1. The molecule has 3 heterocycles. The molecular formula is C35H45ClN6O5S3. The molecule has 1 amide bonds. The Labute approximate surface area is 309 Å². The third-order valence-electron chi connectivity index (χ3n) is 8.66. The van der Waals surface area contributed by atoms with Crippen LogP contribution in [0.2, 0.25) is 5.02 Å². The number of morpholine rings is 1. The molecule has 15 heteroatoms. The summed E-state index contributed by atoms with van der Waals surface area (Å²) in [6, 6.07) is 10.8. The Morgan fingerprint density at radius 1 is 1.06 bits per heavy atom. The molecule has 0 saturated carbocycles. The Bertz CT molecular complexity index is 1800. The summed E-state index contributed by atoms with van der Waals surface area (Å²) in [4.78, 5) is 25.8. The van der Waals surface area contributed by atoms with Crippen molar-refractivity contribution in [1.29, 1.82) is 0 Å². The first kappa shape index (κ1) is 38.1. The summed E-state index contributed by atoms with van der Waals surface area (Å²) in [6.07, 6.45) is 3.25. The lowest BCUT2D eigenvalue weighted by Crippen LogP contribution is -2.42. The highest BCUT2D eigenvalue weighted by Crippen LogP contribution is 2.39. The van der Waals surface area contributed by atoms with Crippen molar-refractivity contribution < 1.29 is 22.7 Å². The van der Waals surface area contributed by atoms with Crippen molar-refractivity contribution in [3.63, 3.8) is 0 Å². The fourth-order valence-corrected chi connectivity index (χ4v) is 8.41. The Morgan fingerprint density at radius 2 is 1.76 bits per heavy atom. The molecule has 5 rings (SSSR count). The number of nitrogens with zero attached hydrogens (tertiary/aromatic N) is 4. The van der Waals surface area contributed by atoms with Crippen LogP contribution in [0.25, 0.3) is 0 Å². The number of piperidine rings is 1. The average molecular weight is 761 g/mol.